The summed E-state index contributed by atoms with van der Waals surface area (Å²) in [6, 6.07) is 7.52. The van der Waals surface area contributed by atoms with Gasteiger partial charge in [-0.05, 0) is 50.6 Å². The van der Waals surface area contributed by atoms with Crippen LogP contribution in [0.4, 0.5) is 0 Å². The van der Waals surface area contributed by atoms with Gasteiger partial charge in [0.2, 0.25) is 0 Å². The SMILES string of the molecule is C=CC(C)(C)Oc1ccc(S(=O)CCCCC)cc1. The molecule has 0 radical (unpaired) electrons. The van der Waals surface area contributed by atoms with Crippen molar-refractivity contribution in [2.45, 2.75) is 50.5 Å². The summed E-state index contributed by atoms with van der Waals surface area (Å²) in [7, 11) is -0.894. The van der Waals surface area contributed by atoms with Crippen LogP contribution in [0.25, 0.3) is 0 Å². The van der Waals surface area contributed by atoms with E-state index in [9.17, 15) is 4.21 Å². The van der Waals surface area contributed by atoms with E-state index in [1.165, 1.54) is 0 Å². The van der Waals surface area contributed by atoms with Gasteiger partial charge in [-0.15, -0.1) is 0 Å². The van der Waals surface area contributed by atoms with Crippen LogP contribution in [0.1, 0.15) is 40.0 Å². The van der Waals surface area contributed by atoms with Gasteiger partial charge in [0.25, 0.3) is 0 Å². The maximum atomic E-state index is 12.0. The number of hydrogen-bond donors (Lipinski definition) is 0. The zero-order valence-corrected chi connectivity index (χ0v) is 13.0. The molecule has 0 aromatic heterocycles. The van der Waals surface area contributed by atoms with Gasteiger partial charge in [-0.1, -0.05) is 26.3 Å². The molecule has 106 valence electrons. The first-order valence-corrected chi connectivity index (χ1v) is 8.11. The highest BCUT2D eigenvalue weighted by atomic mass is 32.2. The maximum absolute atomic E-state index is 12.0. The van der Waals surface area contributed by atoms with E-state index in [0.29, 0.717) is 0 Å². The van der Waals surface area contributed by atoms with Crippen molar-refractivity contribution in [2.75, 3.05) is 5.75 Å². The second kappa shape index (κ2) is 7.49. The fourth-order valence-corrected chi connectivity index (χ4v) is 2.75. The van der Waals surface area contributed by atoms with Gasteiger partial charge in [0.1, 0.15) is 11.4 Å². The fourth-order valence-electron chi connectivity index (χ4n) is 1.61. The molecule has 19 heavy (non-hydrogen) atoms. The Bertz CT molecular complexity index is 421. The molecular formula is C16H24O2S. The fraction of sp³-hybridized carbons (Fsp3) is 0.500. The highest BCUT2D eigenvalue weighted by Crippen LogP contribution is 2.21. The van der Waals surface area contributed by atoms with Crippen LogP contribution < -0.4 is 4.74 Å². The van der Waals surface area contributed by atoms with E-state index in [2.05, 4.69) is 13.5 Å². The molecule has 0 spiro atoms. The summed E-state index contributed by atoms with van der Waals surface area (Å²) in [5, 5.41) is 0. The van der Waals surface area contributed by atoms with E-state index in [-0.39, 0.29) is 5.60 Å². The monoisotopic (exact) mass is 280 g/mol. The third kappa shape index (κ3) is 5.60. The Morgan fingerprint density at radius 2 is 1.89 bits per heavy atom. The van der Waals surface area contributed by atoms with E-state index < -0.39 is 10.8 Å². The summed E-state index contributed by atoms with van der Waals surface area (Å²) in [6.07, 6.45) is 5.08. The van der Waals surface area contributed by atoms with Crippen molar-refractivity contribution in [3.8, 4) is 5.75 Å². The van der Waals surface area contributed by atoms with Gasteiger partial charge in [0.05, 0.1) is 10.8 Å². The lowest BCUT2D eigenvalue weighted by Gasteiger charge is -2.22. The van der Waals surface area contributed by atoms with Gasteiger partial charge in [-0.25, -0.2) is 0 Å². The molecule has 0 saturated heterocycles. The second-order valence-corrected chi connectivity index (χ2v) is 6.71. The minimum absolute atomic E-state index is 0.387. The molecule has 0 aliphatic rings. The zero-order valence-electron chi connectivity index (χ0n) is 12.1. The van der Waals surface area contributed by atoms with Crippen LogP contribution in [-0.2, 0) is 10.8 Å². The highest BCUT2D eigenvalue weighted by molar-refractivity contribution is 7.85. The topological polar surface area (TPSA) is 26.3 Å². The van der Waals surface area contributed by atoms with Crippen LogP contribution in [0.3, 0.4) is 0 Å². The van der Waals surface area contributed by atoms with Gasteiger partial charge < -0.3 is 4.74 Å². The second-order valence-electron chi connectivity index (χ2n) is 5.14. The molecule has 1 aromatic carbocycles. The first-order valence-electron chi connectivity index (χ1n) is 6.79. The molecule has 0 N–H and O–H groups in total. The van der Waals surface area contributed by atoms with Gasteiger partial charge in [0, 0.05) is 10.6 Å². The third-order valence-electron chi connectivity index (χ3n) is 2.89. The number of benzene rings is 1. The molecule has 0 aliphatic heterocycles. The van der Waals surface area contributed by atoms with E-state index in [4.69, 9.17) is 4.74 Å². The lowest BCUT2D eigenvalue weighted by atomic mass is 10.1. The van der Waals surface area contributed by atoms with Crippen LogP contribution in [0.15, 0.2) is 41.8 Å². The Hall–Kier alpha value is -1.09. The Labute approximate surface area is 119 Å². The van der Waals surface area contributed by atoms with Crippen molar-refractivity contribution in [3.05, 3.63) is 36.9 Å². The van der Waals surface area contributed by atoms with E-state index in [1.54, 1.807) is 6.08 Å². The normalized spacial score (nSPS) is 13.0. The average molecular weight is 280 g/mol. The summed E-state index contributed by atoms with van der Waals surface area (Å²) < 4.78 is 17.8. The highest BCUT2D eigenvalue weighted by Gasteiger charge is 2.14. The predicted molar refractivity (Wildman–Crippen MR) is 82.1 cm³/mol. The minimum atomic E-state index is -0.894. The standard InChI is InChI=1S/C16H24O2S/c1-5-7-8-13-19(17)15-11-9-14(10-12-15)18-16(3,4)6-2/h6,9-12H,2,5,7-8,13H2,1,3-4H3. The minimum Gasteiger partial charge on any atom is -0.484 e. The summed E-state index contributed by atoms with van der Waals surface area (Å²) in [5.74, 6) is 1.52. The maximum Gasteiger partial charge on any atom is 0.121 e. The van der Waals surface area contributed by atoms with Crippen LogP contribution in [-0.4, -0.2) is 15.6 Å². The summed E-state index contributed by atoms with van der Waals surface area (Å²) in [6.45, 7) is 9.80. The predicted octanol–water partition coefficient (Wildman–Crippen LogP) is 4.33. The molecule has 2 nitrogen and oxygen atoms in total. The van der Waals surface area contributed by atoms with Crippen molar-refractivity contribution in [1.82, 2.24) is 0 Å². The first-order chi connectivity index (χ1) is 8.98. The van der Waals surface area contributed by atoms with Crippen LogP contribution in [0.5, 0.6) is 5.75 Å². The molecule has 0 bridgehead atoms. The average Bonchev–Trinajstić information content (AvgIpc) is 2.39. The van der Waals surface area contributed by atoms with Crippen molar-refractivity contribution >= 4 is 10.8 Å². The lowest BCUT2D eigenvalue weighted by Crippen LogP contribution is -2.24. The quantitative estimate of drug-likeness (QED) is 0.523. The van der Waals surface area contributed by atoms with Crippen LogP contribution in [0.2, 0.25) is 0 Å². The summed E-state index contributed by atoms with van der Waals surface area (Å²) in [4.78, 5) is 0.875. The molecule has 1 unspecified atom stereocenters. The Morgan fingerprint density at radius 1 is 1.26 bits per heavy atom. The number of hydrogen-bond acceptors (Lipinski definition) is 2. The Kier molecular flexibility index (Phi) is 6.29. The number of rotatable bonds is 8. The van der Waals surface area contributed by atoms with E-state index in [1.807, 2.05) is 38.1 Å². The first kappa shape index (κ1) is 16.0. The van der Waals surface area contributed by atoms with Crippen molar-refractivity contribution < 1.29 is 8.95 Å². The molecule has 0 fully saturated rings. The number of unbranched alkanes of at least 4 members (excludes halogenated alkanes) is 2. The van der Waals surface area contributed by atoms with Gasteiger partial charge in [0.15, 0.2) is 0 Å². The molecule has 3 heteroatoms. The van der Waals surface area contributed by atoms with Gasteiger partial charge in [-0.2, -0.15) is 0 Å². The van der Waals surface area contributed by atoms with E-state index >= 15 is 0 Å². The van der Waals surface area contributed by atoms with Crippen molar-refractivity contribution in [3.63, 3.8) is 0 Å². The molecule has 0 heterocycles. The summed E-state index contributed by atoms with van der Waals surface area (Å²) >= 11 is 0. The molecule has 1 rings (SSSR count). The van der Waals surface area contributed by atoms with Crippen LogP contribution >= 0.6 is 0 Å². The van der Waals surface area contributed by atoms with Crippen molar-refractivity contribution in [1.29, 1.82) is 0 Å². The Balaban J connectivity index is 2.61. The molecule has 0 aliphatic carbocycles. The van der Waals surface area contributed by atoms with E-state index in [0.717, 1.165) is 35.7 Å². The van der Waals surface area contributed by atoms with Gasteiger partial charge in [-0.3, -0.25) is 4.21 Å². The molecular weight excluding hydrogens is 256 g/mol. The lowest BCUT2D eigenvalue weighted by molar-refractivity contribution is 0.162. The number of ether oxygens (including phenoxy) is 1. The molecule has 0 amide bonds. The largest absolute Gasteiger partial charge is 0.484 e. The molecule has 1 atom stereocenters. The molecule has 1 aromatic rings. The van der Waals surface area contributed by atoms with Gasteiger partial charge >= 0.3 is 0 Å². The smallest absolute Gasteiger partial charge is 0.121 e. The zero-order chi connectivity index (χ0) is 14.3. The molecule has 0 saturated carbocycles. The van der Waals surface area contributed by atoms with Crippen molar-refractivity contribution in [2.24, 2.45) is 0 Å². The van der Waals surface area contributed by atoms with Crippen LogP contribution in [0, 0.1) is 0 Å². The Morgan fingerprint density at radius 3 is 2.42 bits per heavy atom. The summed E-state index contributed by atoms with van der Waals surface area (Å²) in [5.41, 5.74) is -0.387. The third-order valence-corrected chi connectivity index (χ3v) is 4.35.